The number of alkyl halides is 3. The van der Waals surface area contributed by atoms with Gasteiger partial charge in [-0.3, -0.25) is 9.59 Å². The Bertz CT molecular complexity index is 1140. The molecule has 3 rings (SSSR count). The maximum absolute atomic E-state index is 12.8. The molecule has 158 valence electrons. The zero-order valence-electron chi connectivity index (χ0n) is 16.2. The fourth-order valence-corrected chi connectivity index (χ4v) is 3.09. The van der Waals surface area contributed by atoms with Crippen molar-refractivity contribution in [1.82, 2.24) is 9.55 Å². The summed E-state index contributed by atoms with van der Waals surface area (Å²) in [6, 6.07) is 10.5. The summed E-state index contributed by atoms with van der Waals surface area (Å²) in [5, 5.41) is 9.03. The van der Waals surface area contributed by atoms with Crippen molar-refractivity contribution in [2.75, 3.05) is 0 Å². The number of benzene rings is 2. The van der Waals surface area contributed by atoms with Crippen LogP contribution >= 0.6 is 0 Å². The number of hydrogen-bond donors (Lipinski definition) is 1. The molecule has 0 saturated carbocycles. The number of carboxylic acid groups (broad SMARTS) is 1. The van der Waals surface area contributed by atoms with Gasteiger partial charge in [-0.2, -0.15) is 0 Å². The maximum atomic E-state index is 12.8. The van der Waals surface area contributed by atoms with Crippen LogP contribution in [0.4, 0.5) is 13.2 Å². The standard InChI is InChI=1S/C21H19F3N2O4/c1-12(2)19-20(29)26(10-9-18(27)28)17-11-14(5-8-16(17)25-19)13-3-6-15(7-4-13)30-21(22,23)24/h3-8,11-12H,9-10H2,1-2H3,(H,27,28). The molecule has 0 radical (unpaired) electrons. The summed E-state index contributed by atoms with van der Waals surface area (Å²) in [7, 11) is 0. The summed E-state index contributed by atoms with van der Waals surface area (Å²) in [6.45, 7) is 3.64. The summed E-state index contributed by atoms with van der Waals surface area (Å²) >= 11 is 0. The largest absolute Gasteiger partial charge is 0.573 e. The number of hydrogen-bond acceptors (Lipinski definition) is 4. The van der Waals surface area contributed by atoms with Crippen LogP contribution in [-0.4, -0.2) is 27.0 Å². The summed E-state index contributed by atoms with van der Waals surface area (Å²) in [6.07, 6.45) is -5.01. The van der Waals surface area contributed by atoms with Crippen molar-refractivity contribution in [3.8, 4) is 16.9 Å². The lowest BCUT2D eigenvalue weighted by molar-refractivity contribution is -0.274. The van der Waals surface area contributed by atoms with Gasteiger partial charge in [-0.1, -0.05) is 32.0 Å². The lowest BCUT2D eigenvalue weighted by Gasteiger charge is -2.14. The molecule has 3 aromatic rings. The van der Waals surface area contributed by atoms with Crippen molar-refractivity contribution < 1.29 is 27.8 Å². The number of halogens is 3. The smallest absolute Gasteiger partial charge is 0.481 e. The molecule has 0 aliphatic rings. The Morgan fingerprint density at radius 1 is 1.13 bits per heavy atom. The molecule has 6 nitrogen and oxygen atoms in total. The number of aromatic nitrogens is 2. The highest BCUT2D eigenvalue weighted by atomic mass is 19.4. The number of fused-ring (bicyclic) bond motifs is 1. The van der Waals surface area contributed by atoms with Crippen LogP contribution in [0.15, 0.2) is 47.3 Å². The molecule has 0 bridgehead atoms. The van der Waals surface area contributed by atoms with E-state index < -0.39 is 12.3 Å². The van der Waals surface area contributed by atoms with E-state index in [0.717, 1.165) is 0 Å². The fraction of sp³-hybridized carbons (Fsp3) is 0.286. The van der Waals surface area contributed by atoms with Gasteiger partial charge in [-0.15, -0.1) is 13.2 Å². The minimum absolute atomic E-state index is 0.0191. The van der Waals surface area contributed by atoms with E-state index in [9.17, 15) is 22.8 Å². The molecule has 0 unspecified atom stereocenters. The molecule has 0 fully saturated rings. The van der Waals surface area contributed by atoms with Crippen molar-refractivity contribution in [2.45, 2.75) is 39.1 Å². The van der Waals surface area contributed by atoms with E-state index in [4.69, 9.17) is 5.11 Å². The first kappa shape index (κ1) is 21.4. The fourth-order valence-electron chi connectivity index (χ4n) is 3.09. The third-order valence-electron chi connectivity index (χ3n) is 4.49. The molecule has 0 atom stereocenters. The number of ether oxygens (including phenoxy) is 1. The second-order valence-electron chi connectivity index (χ2n) is 7.03. The molecule has 0 aliphatic heterocycles. The van der Waals surface area contributed by atoms with Gasteiger partial charge in [0.2, 0.25) is 0 Å². The van der Waals surface area contributed by atoms with Gasteiger partial charge in [0.05, 0.1) is 17.5 Å². The first-order chi connectivity index (χ1) is 14.0. The van der Waals surface area contributed by atoms with E-state index in [1.54, 1.807) is 18.2 Å². The van der Waals surface area contributed by atoms with Crippen LogP contribution in [0.3, 0.4) is 0 Å². The average Bonchev–Trinajstić information content (AvgIpc) is 2.65. The quantitative estimate of drug-likeness (QED) is 0.632. The molecule has 0 amide bonds. The Balaban J connectivity index is 2.08. The predicted octanol–water partition coefficient (Wildman–Crippen LogP) is 4.56. The number of carbonyl (C=O) groups is 1. The second kappa shape index (κ2) is 8.17. The second-order valence-corrected chi connectivity index (χ2v) is 7.03. The van der Waals surface area contributed by atoms with Gasteiger partial charge in [0.1, 0.15) is 11.4 Å². The average molecular weight is 420 g/mol. The van der Waals surface area contributed by atoms with Crippen LogP contribution in [0.25, 0.3) is 22.2 Å². The van der Waals surface area contributed by atoms with Gasteiger partial charge in [0.15, 0.2) is 0 Å². The number of nitrogens with zero attached hydrogens (tertiary/aromatic N) is 2. The Labute approximate surface area is 169 Å². The van der Waals surface area contributed by atoms with E-state index in [2.05, 4.69) is 9.72 Å². The number of aryl methyl sites for hydroxylation is 1. The zero-order chi connectivity index (χ0) is 22.1. The molecule has 9 heteroatoms. The van der Waals surface area contributed by atoms with Gasteiger partial charge in [-0.25, -0.2) is 4.98 Å². The lowest BCUT2D eigenvalue weighted by Crippen LogP contribution is -2.27. The van der Waals surface area contributed by atoms with E-state index >= 15 is 0 Å². The molecule has 2 aromatic carbocycles. The summed E-state index contributed by atoms with van der Waals surface area (Å²) in [5.74, 6) is -1.51. The lowest BCUT2D eigenvalue weighted by atomic mass is 10.0. The first-order valence-corrected chi connectivity index (χ1v) is 9.17. The highest BCUT2D eigenvalue weighted by molar-refractivity contribution is 5.82. The Morgan fingerprint density at radius 3 is 2.33 bits per heavy atom. The van der Waals surface area contributed by atoms with Gasteiger partial charge in [0.25, 0.3) is 5.56 Å². The van der Waals surface area contributed by atoms with Crippen LogP contribution in [0.1, 0.15) is 31.9 Å². The van der Waals surface area contributed by atoms with Gasteiger partial charge in [-0.05, 0) is 35.4 Å². The van der Waals surface area contributed by atoms with Crippen LogP contribution in [-0.2, 0) is 11.3 Å². The van der Waals surface area contributed by atoms with Crippen LogP contribution in [0.2, 0.25) is 0 Å². The molecule has 1 heterocycles. The molecule has 0 spiro atoms. The molecule has 0 saturated heterocycles. The Hall–Kier alpha value is -3.36. The molecule has 1 N–H and O–H groups in total. The minimum atomic E-state index is -4.77. The zero-order valence-corrected chi connectivity index (χ0v) is 16.2. The molecular formula is C21H19F3N2O4. The molecular weight excluding hydrogens is 401 g/mol. The SMILES string of the molecule is CC(C)c1nc2ccc(-c3ccc(OC(F)(F)F)cc3)cc2n(CCC(=O)O)c1=O. The molecule has 1 aromatic heterocycles. The minimum Gasteiger partial charge on any atom is -0.481 e. The van der Waals surface area contributed by atoms with E-state index in [0.29, 0.717) is 27.9 Å². The highest BCUT2D eigenvalue weighted by Gasteiger charge is 2.31. The van der Waals surface area contributed by atoms with Crippen molar-refractivity contribution in [1.29, 1.82) is 0 Å². The number of rotatable bonds is 6. The van der Waals surface area contributed by atoms with E-state index in [-0.39, 0.29) is 30.2 Å². The summed E-state index contributed by atoms with van der Waals surface area (Å²) < 4.78 is 42.3. The highest BCUT2D eigenvalue weighted by Crippen LogP contribution is 2.28. The monoisotopic (exact) mass is 420 g/mol. The summed E-state index contributed by atoms with van der Waals surface area (Å²) in [5.41, 5.74) is 2.22. The van der Waals surface area contributed by atoms with Crippen LogP contribution in [0.5, 0.6) is 5.75 Å². The first-order valence-electron chi connectivity index (χ1n) is 9.17. The van der Waals surface area contributed by atoms with E-state index in [1.165, 1.54) is 28.8 Å². The number of aliphatic carboxylic acids is 1. The van der Waals surface area contributed by atoms with Crippen molar-refractivity contribution >= 4 is 17.0 Å². The van der Waals surface area contributed by atoms with Crippen LogP contribution in [0, 0.1) is 0 Å². The normalized spacial score (nSPS) is 11.8. The molecule has 30 heavy (non-hydrogen) atoms. The van der Waals surface area contributed by atoms with Gasteiger partial charge < -0.3 is 14.4 Å². The van der Waals surface area contributed by atoms with Gasteiger partial charge >= 0.3 is 12.3 Å². The third-order valence-corrected chi connectivity index (χ3v) is 4.49. The Morgan fingerprint density at radius 2 is 1.77 bits per heavy atom. The summed E-state index contributed by atoms with van der Waals surface area (Å²) in [4.78, 5) is 28.3. The molecule has 0 aliphatic carbocycles. The van der Waals surface area contributed by atoms with Crippen molar-refractivity contribution in [3.05, 3.63) is 58.5 Å². The topological polar surface area (TPSA) is 81.4 Å². The maximum Gasteiger partial charge on any atom is 0.573 e. The third kappa shape index (κ3) is 4.79. The van der Waals surface area contributed by atoms with Crippen molar-refractivity contribution in [3.63, 3.8) is 0 Å². The predicted molar refractivity (Wildman–Crippen MR) is 104 cm³/mol. The van der Waals surface area contributed by atoms with Crippen molar-refractivity contribution in [2.24, 2.45) is 0 Å². The van der Waals surface area contributed by atoms with E-state index in [1.807, 2.05) is 13.8 Å². The van der Waals surface area contributed by atoms with Crippen LogP contribution < -0.4 is 10.3 Å². The number of carboxylic acids is 1. The van der Waals surface area contributed by atoms with Gasteiger partial charge in [0, 0.05) is 12.5 Å². The Kier molecular flexibility index (Phi) is 5.82.